The Kier molecular flexibility index (Phi) is 2.75. The first-order valence-corrected chi connectivity index (χ1v) is 6.37. The van der Waals surface area contributed by atoms with E-state index in [0.29, 0.717) is 6.61 Å². The van der Waals surface area contributed by atoms with Crippen molar-refractivity contribution in [2.45, 2.75) is 31.7 Å². The van der Waals surface area contributed by atoms with Crippen LogP contribution in [0.25, 0.3) is 0 Å². The van der Waals surface area contributed by atoms with Crippen LogP contribution < -0.4 is 10.1 Å². The lowest BCUT2D eigenvalue weighted by atomic mass is 9.84. The monoisotopic (exact) mass is 231 g/mol. The van der Waals surface area contributed by atoms with Crippen molar-refractivity contribution >= 4 is 5.91 Å². The number of carbonyl (C=O) groups excluding carboxylic acids is 1. The van der Waals surface area contributed by atoms with E-state index >= 15 is 0 Å². The maximum atomic E-state index is 12.0. The van der Waals surface area contributed by atoms with Gasteiger partial charge in [-0.1, -0.05) is 24.6 Å². The van der Waals surface area contributed by atoms with Crippen LogP contribution in [0, 0.1) is 5.92 Å². The van der Waals surface area contributed by atoms with E-state index in [0.717, 1.165) is 30.6 Å². The summed E-state index contributed by atoms with van der Waals surface area (Å²) < 4.78 is 5.58. The highest BCUT2D eigenvalue weighted by Crippen LogP contribution is 2.33. The zero-order valence-electron chi connectivity index (χ0n) is 9.82. The molecule has 2 aliphatic rings. The van der Waals surface area contributed by atoms with E-state index in [2.05, 4.69) is 5.32 Å². The maximum absolute atomic E-state index is 12.0. The SMILES string of the molecule is O=C(N[C@H]1CCOc2ccccc21)C1CCC1. The summed E-state index contributed by atoms with van der Waals surface area (Å²) in [6, 6.07) is 8.11. The largest absolute Gasteiger partial charge is 0.493 e. The second kappa shape index (κ2) is 4.40. The molecule has 1 amide bonds. The minimum absolute atomic E-state index is 0.132. The molecule has 3 rings (SSSR count). The molecule has 17 heavy (non-hydrogen) atoms. The third-order valence-electron chi connectivity index (χ3n) is 3.75. The van der Waals surface area contributed by atoms with E-state index in [1.165, 1.54) is 6.42 Å². The third-order valence-corrected chi connectivity index (χ3v) is 3.75. The van der Waals surface area contributed by atoms with Crippen LogP contribution in [0.1, 0.15) is 37.3 Å². The van der Waals surface area contributed by atoms with Crippen LogP contribution in [-0.4, -0.2) is 12.5 Å². The van der Waals surface area contributed by atoms with Gasteiger partial charge in [0.1, 0.15) is 5.75 Å². The highest BCUT2D eigenvalue weighted by atomic mass is 16.5. The van der Waals surface area contributed by atoms with Gasteiger partial charge in [0, 0.05) is 17.9 Å². The molecular formula is C14H17NO2. The second-order valence-electron chi connectivity index (χ2n) is 4.86. The summed E-state index contributed by atoms with van der Waals surface area (Å²) in [5.74, 6) is 1.39. The fourth-order valence-corrected chi connectivity index (χ4v) is 2.45. The van der Waals surface area contributed by atoms with Gasteiger partial charge in [-0.2, -0.15) is 0 Å². The normalized spacial score (nSPS) is 23.2. The molecule has 3 heteroatoms. The predicted molar refractivity (Wildman–Crippen MR) is 64.8 cm³/mol. The number of amides is 1. The highest BCUT2D eigenvalue weighted by molar-refractivity contribution is 5.80. The Balaban J connectivity index is 1.73. The molecule has 0 radical (unpaired) electrons. The van der Waals surface area contributed by atoms with E-state index < -0.39 is 0 Å². The molecule has 0 bridgehead atoms. The van der Waals surface area contributed by atoms with Crippen LogP contribution >= 0.6 is 0 Å². The fourth-order valence-electron chi connectivity index (χ4n) is 2.45. The Morgan fingerprint density at radius 1 is 1.24 bits per heavy atom. The van der Waals surface area contributed by atoms with Gasteiger partial charge < -0.3 is 10.1 Å². The van der Waals surface area contributed by atoms with Gasteiger partial charge in [-0.15, -0.1) is 0 Å². The minimum Gasteiger partial charge on any atom is -0.493 e. The summed E-state index contributed by atoms with van der Waals surface area (Å²) in [5.41, 5.74) is 1.12. The van der Waals surface area contributed by atoms with Crippen molar-refractivity contribution in [1.82, 2.24) is 5.32 Å². The quantitative estimate of drug-likeness (QED) is 0.849. The molecule has 0 unspecified atom stereocenters. The summed E-state index contributed by atoms with van der Waals surface area (Å²) >= 11 is 0. The van der Waals surface area contributed by atoms with Gasteiger partial charge in [-0.25, -0.2) is 0 Å². The topological polar surface area (TPSA) is 38.3 Å². The molecule has 90 valence electrons. The number of carbonyl (C=O) groups is 1. The van der Waals surface area contributed by atoms with Gasteiger partial charge in [0.05, 0.1) is 12.6 Å². The number of fused-ring (bicyclic) bond motifs is 1. The van der Waals surface area contributed by atoms with Crippen molar-refractivity contribution in [1.29, 1.82) is 0 Å². The van der Waals surface area contributed by atoms with Crippen LogP contribution in [0.2, 0.25) is 0 Å². The maximum Gasteiger partial charge on any atom is 0.223 e. The Morgan fingerprint density at radius 3 is 2.82 bits per heavy atom. The van der Waals surface area contributed by atoms with Crippen LogP contribution in [0.4, 0.5) is 0 Å². The van der Waals surface area contributed by atoms with Crippen molar-refractivity contribution in [2.75, 3.05) is 6.61 Å². The summed E-state index contributed by atoms with van der Waals surface area (Å²) in [6.45, 7) is 0.687. The first-order chi connectivity index (χ1) is 8.34. The number of rotatable bonds is 2. The minimum atomic E-state index is 0.132. The van der Waals surface area contributed by atoms with Gasteiger partial charge in [0.25, 0.3) is 0 Å². The molecule has 0 saturated heterocycles. The zero-order valence-corrected chi connectivity index (χ0v) is 9.82. The summed E-state index contributed by atoms with van der Waals surface area (Å²) in [6.07, 6.45) is 4.17. The Labute approximate surface area is 101 Å². The molecule has 1 saturated carbocycles. The number of hydrogen-bond acceptors (Lipinski definition) is 2. The van der Waals surface area contributed by atoms with Gasteiger partial charge >= 0.3 is 0 Å². The molecule has 1 aliphatic carbocycles. The molecule has 1 fully saturated rings. The van der Waals surface area contributed by atoms with Gasteiger partial charge in [0.15, 0.2) is 0 Å². The average Bonchev–Trinajstić information content (AvgIpc) is 2.27. The fraction of sp³-hybridized carbons (Fsp3) is 0.500. The molecule has 1 aliphatic heterocycles. The van der Waals surface area contributed by atoms with Crippen molar-refractivity contribution < 1.29 is 9.53 Å². The standard InChI is InChI=1S/C14H17NO2/c16-14(10-4-3-5-10)15-12-8-9-17-13-7-2-1-6-11(12)13/h1-2,6-7,10,12H,3-5,8-9H2,(H,15,16)/t12-/m0/s1. The molecule has 1 N–H and O–H groups in total. The summed E-state index contributed by atoms with van der Waals surface area (Å²) in [4.78, 5) is 12.0. The molecule has 1 aromatic rings. The number of benzene rings is 1. The van der Waals surface area contributed by atoms with Crippen LogP contribution in [0.5, 0.6) is 5.75 Å². The Bertz CT molecular complexity index is 426. The lowest BCUT2D eigenvalue weighted by Gasteiger charge is -2.30. The number of ether oxygens (including phenoxy) is 1. The van der Waals surface area contributed by atoms with Crippen LogP contribution in [0.15, 0.2) is 24.3 Å². The van der Waals surface area contributed by atoms with E-state index in [1.807, 2.05) is 24.3 Å². The first-order valence-electron chi connectivity index (χ1n) is 6.37. The lowest BCUT2D eigenvalue weighted by molar-refractivity contribution is -0.128. The Morgan fingerprint density at radius 2 is 2.06 bits per heavy atom. The molecule has 0 aromatic heterocycles. The average molecular weight is 231 g/mol. The third kappa shape index (κ3) is 2.02. The molecule has 0 spiro atoms. The Hall–Kier alpha value is -1.51. The van der Waals surface area contributed by atoms with Crippen molar-refractivity contribution in [2.24, 2.45) is 5.92 Å². The van der Waals surface area contributed by atoms with Gasteiger partial charge in [-0.3, -0.25) is 4.79 Å². The second-order valence-corrected chi connectivity index (χ2v) is 4.86. The van der Waals surface area contributed by atoms with E-state index in [-0.39, 0.29) is 17.9 Å². The number of nitrogens with one attached hydrogen (secondary N) is 1. The lowest BCUT2D eigenvalue weighted by Crippen LogP contribution is -2.38. The van der Waals surface area contributed by atoms with Crippen molar-refractivity contribution in [3.63, 3.8) is 0 Å². The highest BCUT2D eigenvalue weighted by Gasteiger charge is 2.29. The van der Waals surface area contributed by atoms with E-state index in [1.54, 1.807) is 0 Å². The number of para-hydroxylation sites is 1. The summed E-state index contributed by atoms with van der Waals surface area (Å²) in [5, 5.41) is 3.16. The van der Waals surface area contributed by atoms with Gasteiger partial charge in [-0.05, 0) is 18.9 Å². The molecular weight excluding hydrogens is 214 g/mol. The van der Waals surface area contributed by atoms with Crippen molar-refractivity contribution in [3.05, 3.63) is 29.8 Å². The smallest absolute Gasteiger partial charge is 0.223 e. The number of hydrogen-bond donors (Lipinski definition) is 1. The molecule has 3 nitrogen and oxygen atoms in total. The first kappa shape index (κ1) is 10.6. The van der Waals surface area contributed by atoms with Crippen LogP contribution in [-0.2, 0) is 4.79 Å². The molecule has 1 aromatic carbocycles. The van der Waals surface area contributed by atoms with E-state index in [9.17, 15) is 4.79 Å². The molecule has 1 atom stereocenters. The summed E-state index contributed by atoms with van der Waals surface area (Å²) in [7, 11) is 0. The van der Waals surface area contributed by atoms with Gasteiger partial charge in [0.2, 0.25) is 5.91 Å². The van der Waals surface area contributed by atoms with Crippen LogP contribution in [0.3, 0.4) is 0 Å². The predicted octanol–water partition coefficient (Wildman–Crippen LogP) is 2.43. The zero-order chi connectivity index (χ0) is 11.7. The van der Waals surface area contributed by atoms with E-state index in [4.69, 9.17) is 4.74 Å². The molecule has 1 heterocycles. The van der Waals surface area contributed by atoms with Crippen molar-refractivity contribution in [3.8, 4) is 5.75 Å².